The van der Waals surface area contributed by atoms with E-state index in [-0.39, 0.29) is 0 Å². The highest BCUT2D eigenvalue weighted by atomic mass is 32.1. The molecule has 0 bridgehead atoms. The second-order valence-corrected chi connectivity index (χ2v) is 4.12. The zero-order chi connectivity index (χ0) is 12.5. The first-order valence-electron chi connectivity index (χ1n) is 5.28. The van der Waals surface area contributed by atoms with E-state index in [1.807, 2.05) is 10.6 Å². The highest BCUT2D eigenvalue weighted by Crippen LogP contribution is 2.20. The molecule has 0 amide bonds. The van der Waals surface area contributed by atoms with E-state index in [9.17, 15) is 0 Å². The molecule has 3 heterocycles. The van der Waals surface area contributed by atoms with Crippen molar-refractivity contribution in [3.05, 3.63) is 35.3 Å². The molecule has 0 aliphatic carbocycles. The number of aromatic nitrogens is 4. The number of hydrogen-bond acceptors (Lipinski definition) is 5. The molecular weight excluding hydrogens is 252 g/mol. The van der Waals surface area contributed by atoms with Gasteiger partial charge in [-0.3, -0.25) is 4.57 Å². The Balaban J connectivity index is 2.17. The molecular formula is C11H10N4O2S. The molecule has 3 aromatic heterocycles. The molecule has 0 radical (unpaired) electrons. The van der Waals surface area contributed by atoms with Crippen LogP contribution in [0.2, 0.25) is 0 Å². The van der Waals surface area contributed by atoms with Gasteiger partial charge in [0.15, 0.2) is 10.4 Å². The Hall–Kier alpha value is -2.15. The maximum absolute atomic E-state index is 5.29. The van der Waals surface area contributed by atoms with E-state index >= 15 is 0 Å². The largest absolute Gasteiger partial charge is 0.479 e. The molecule has 0 saturated carbocycles. The van der Waals surface area contributed by atoms with E-state index < -0.39 is 0 Å². The van der Waals surface area contributed by atoms with Crippen molar-refractivity contribution in [3.8, 4) is 5.88 Å². The molecule has 92 valence electrons. The van der Waals surface area contributed by atoms with Crippen molar-refractivity contribution in [1.29, 1.82) is 0 Å². The Morgan fingerprint density at radius 2 is 2.39 bits per heavy atom. The van der Waals surface area contributed by atoms with Crippen LogP contribution in [0.5, 0.6) is 5.88 Å². The van der Waals surface area contributed by atoms with Gasteiger partial charge in [-0.15, -0.1) is 0 Å². The number of fused-ring (bicyclic) bond motifs is 1. The number of ether oxygens (including phenoxy) is 1. The number of aromatic amines is 1. The average molecular weight is 262 g/mol. The van der Waals surface area contributed by atoms with Gasteiger partial charge in [0.1, 0.15) is 11.8 Å². The molecule has 3 rings (SSSR count). The van der Waals surface area contributed by atoms with E-state index in [1.165, 1.54) is 6.33 Å². The number of furan rings is 1. The van der Waals surface area contributed by atoms with Crippen molar-refractivity contribution >= 4 is 23.4 Å². The fourth-order valence-corrected chi connectivity index (χ4v) is 2.07. The lowest BCUT2D eigenvalue weighted by Gasteiger charge is -2.02. The summed E-state index contributed by atoms with van der Waals surface area (Å²) in [5, 5.41) is 0. The van der Waals surface area contributed by atoms with Crippen molar-refractivity contribution in [3.63, 3.8) is 0 Å². The third kappa shape index (κ3) is 1.68. The van der Waals surface area contributed by atoms with E-state index in [0.717, 1.165) is 5.56 Å². The van der Waals surface area contributed by atoms with E-state index in [2.05, 4.69) is 15.0 Å². The summed E-state index contributed by atoms with van der Waals surface area (Å²) in [7, 11) is 1.56. The van der Waals surface area contributed by atoms with Gasteiger partial charge in [0.05, 0.1) is 26.2 Å². The normalized spacial score (nSPS) is 10.9. The van der Waals surface area contributed by atoms with Crippen LogP contribution in [0.25, 0.3) is 11.2 Å². The van der Waals surface area contributed by atoms with Crippen LogP contribution in [-0.4, -0.2) is 26.6 Å². The van der Waals surface area contributed by atoms with Crippen LogP contribution < -0.4 is 4.74 Å². The molecule has 1 N–H and O–H groups in total. The summed E-state index contributed by atoms with van der Waals surface area (Å²) in [4.78, 5) is 11.3. The van der Waals surface area contributed by atoms with E-state index in [0.29, 0.717) is 28.4 Å². The summed E-state index contributed by atoms with van der Waals surface area (Å²) < 4.78 is 12.7. The number of nitrogens with zero attached hydrogens (tertiary/aromatic N) is 3. The monoisotopic (exact) mass is 262 g/mol. The number of nitrogens with one attached hydrogen (secondary N) is 1. The van der Waals surface area contributed by atoms with Crippen LogP contribution in [-0.2, 0) is 6.54 Å². The highest BCUT2D eigenvalue weighted by molar-refractivity contribution is 7.71. The second-order valence-electron chi connectivity index (χ2n) is 3.73. The van der Waals surface area contributed by atoms with Crippen LogP contribution in [0.15, 0.2) is 29.3 Å². The first-order valence-corrected chi connectivity index (χ1v) is 5.69. The molecule has 18 heavy (non-hydrogen) atoms. The summed E-state index contributed by atoms with van der Waals surface area (Å²) in [5.41, 5.74) is 2.44. The number of hydrogen-bond donors (Lipinski definition) is 1. The minimum absolute atomic E-state index is 0.483. The second kappa shape index (κ2) is 4.26. The van der Waals surface area contributed by atoms with E-state index in [1.54, 1.807) is 19.6 Å². The minimum Gasteiger partial charge on any atom is -0.479 e. The summed E-state index contributed by atoms with van der Waals surface area (Å²) in [6.07, 6.45) is 4.76. The predicted molar refractivity (Wildman–Crippen MR) is 67.1 cm³/mol. The lowest BCUT2D eigenvalue weighted by molar-refractivity contribution is 0.401. The van der Waals surface area contributed by atoms with Gasteiger partial charge >= 0.3 is 0 Å². The fraction of sp³-hybridized carbons (Fsp3) is 0.182. The zero-order valence-corrected chi connectivity index (χ0v) is 10.4. The highest BCUT2D eigenvalue weighted by Gasteiger charge is 2.11. The molecule has 0 spiro atoms. The van der Waals surface area contributed by atoms with Gasteiger partial charge in [0.25, 0.3) is 0 Å². The number of H-pyrrole nitrogens is 1. The standard InChI is InChI=1S/C11H10N4O2S/c1-16-10-8-9(12-6-13-10)15(11(18)14-8)4-7-2-3-17-5-7/h2-3,5-6H,4H2,1H3,(H,14,18). The molecule has 0 atom stereocenters. The van der Waals surface area contributed by atoms with Gasteiger partial charge in [0.2, 0.25) is 5.88 Å². The first kappa shape index (κ1) is 11.0. The van der Waals surface area contributed by atoms with Crippen molar-refractivity contribution in [2.75, 3.05) is 7.11 Å². The van der Waals surface area contributed by atoms with Crippen molar-refractivity contribution in [1.82, 2.24) is 19.5 Å². The Morgan fingerprint density at radius 3 is 3.11 bits per heavy atom. The third-order valence-electron chi connectivity index (χ3n) is 2.64. The topological polar surface area (TPSA) is 68.9 Å². The SMILES string of the molecule is COc1ncnc2c1[nH]c(=S)n2Cc1ccoc1. The average Bonchev–Trinajstić information content (AvgIpc) is 2.99. The molecule has 0 aliphatic rings. The van der Waals surface area contributed by atoms with Gasteiger partial charge < -0.3 is 14.1 Å². The number of rotatable bonds is 3. The lowest BCUT2D eigenvalue weighted by Crippen LogP contribution is -2.00. The van der Waals surface area contributed by atoms with Gasteiger partial charge in [0, 0.05) is 5.56 Å². The van der Waals surface area contributed by atoms with Crippen LogP contribution in [0, 0.1) is 4.77 Å². The Labute approximate surface area is 107 Å². The molecule has 0 aromatic carbocycles. The summed E-state index contributed by atoms with van der Waals surface area (Å²) >= 11 is 5.29. The molecule has 7 heteroatoms. The molecule has 0 aliphatic heterocycles. The lowest BCUT2D eigenvalue weighted by atomic mass is 10.3. The van der Waals surface area contributed by atoms with Crippen LogP contribution in [0.4, 0.5) is 0 Å². The molecule has 0 fully saturated rings. The predicted octanol–water partition coefficient (Wildman–Crippen LogP) is 2.14. The van der Waals surface area contributed by atoms with Crippen LogP contribution in [0.1, 0.15) is 5.56 Å². The van der Waals surface area contributed by atoms with Gasteiger partial charge in [-0.05, 0) is 18.3 Å². The zero-order valence-electron chi connectivity index (χ0n) is 9.58. The Bertz CT molecular complexity index is 729. The van der Waals surface area contributed by atoms with Gasteiger partial charge in [-0.1, -0.05) is 0 Å². The van der Waals surface area contributed by atoms with Crippen molar-refractivity contribution < 1.29 is 9.15 Å². The molecule has 0 saturated heterocycles. The quantitative estimate of drug-likeness (QED) is 0.732. The van der Waals surface area contributed by atoms with E-state index in [4.69, 9.17) is 21.4 Å². The molecule has 0 unspecified atom stereocenters. The summed E-state index contributed by atoms with van der Waals surface area (Å²) in [5.74, 6) is 0.483. The van der Waals surface area contributed by atoms with Gasteiger partial charge in [-0.25, -0.2) is 4.98 Å². The minimum atomic E-state index is 0.483. The maximum Gasteiger partial charge on any atom is 0.242 e. The smallest absolute Gasteiger partial charge is 0.242 e. The number of methoxy groups -OCH3 is 1. The Morgan fingerprint density at radius 1 is 1.50 bits per heavy atom. The van der Waals surface area contributed by atoms with Crippen molar-refractivity contribution in [2.45, 2.75) is 6.54 Å². The third-order valence-corrected chi connectivity index (χ3v) is 2.96. The first-order chi connectivity index (χ1) is 8.79. The van der Waals surface area contributed by atoms with Crippen LogP contribution in [0.3, 0.4) is 0 Å². The molecule has 6 nitrogen and oxygen atoms in total. The fourth-order valence-electron chi connectivity index (χ4n) is 1.81. The Kier molecular flexibility index (Phi) is 2.60. The molecule has 3 aromatic rings. The number of imidazole rings is 1. The summed E-state index contributed by atoms with van der Waals surface area (Å²) in [6, 6.07) is 1.89. The van der Waals surface area contributed by atoms with Gasteiger partial charge in [-0.2, -0.15) is 4.98 Å². The maximum atomic E-state index is 5.29. The summed E-state index contributed by atoms with van der Waals surface area (Å²) in [6.45, 7) is 0.593. The van der Waals surface area contributed by atoms with Crippen LogP contribution >= 0.6 is 12.2 Å². The van der Waals surface area contributed by atoms with Crippen molar-refractivity contribution in [2.24, 2.45) is 0 Å².